The fourth-order valence-corrected chi connectivity index (χ4v) is 1.88. The van der Waals surface area contributed by atoms with E-state index >= 15 is 0 Å². The van der Waals surface area contributed by atoms with Crippen molar-refractivity contribution in [2.45, 2.75) is 20.3 Å². The van der Waals surface area contributed by atoms with Gasteiger partial charge < -0.3 is 4.57 Å². The standard InChI is InChI=1S/C14H15N3/c1-11(2)8-12-4-5-14(13(9-12)15-3)17-7-6-16-10-17/h4-7,9-11H,8H2,1-2H3. The molecule has 86 valence electrons. The minimum atomic E-state index is 0.604. The lowest BCUT2D eigenvalue weighted by Gasteiger charge is -2.09. The number of benzene rings is 1. The van der Waals surface area contributed by atoms with Crippen LogP contribution in [0.4, 0.5) is 5.69 Å². The van der Waals surface area contributed by atoms with Crippen molar-refractivity contribution >= 4 is 5.69 Å². The molecule has 0 unspecified atom stereocenters. The van der Waals surface area contributed by atoms with Crippen LogP contribution < -0.4 is 0 Å². The molecule has 1 aromatic heterocycles. The molecule has 0 saturated heterocycles. The third kappa shape index (κ3) is 2.54. The minimum absolute atomic E-state index is 0.604. The molecule has 3 heteroatoms. The average molecular weight is 225 g/mol. The second kappa shape index (κ2) is 4.84. The normalized spacial score (nSPS) is 10.5. The first kappa shape index (κ1) is 11.4. The molecule has 0 radical (unpaired) electrons. The summed E-state index contributed by atoms with van der Waals surface area (Å²) in [7, 11) is 0. The van der Waals surface area contributed by atoms with Crippen LogP contribution in [0.1, 0.15) is 19.4 Å². The Balaban J connectivity index is 2.40. The van der Waals surface area contributed by atoms with Crippen LogP contribution >= 0.6 is 0 Å². The van der Waals surface area contributed by atoms with Gasteiger partial charge in [0.05, 0.1) is 18.6 Å². The van der Waals surface area contributed by atoms with Gasteiger partial charge in [0.1, 0.15) is 0 Å². The third-order valence-corrected chi connectivity index (χ3v) is 2.59. The number of nitrogens with zero attached hydrogens (tertiary/aromatic N) is 3. The van der Waals surface area contributed by atoms with Crippen LogP contribution in [0.3, 0.4) is 0 Å². The lowest BCUT2D eigenvalue weighted by Crippen LogP contribution is -1.96. The van der Waals surface area contributed by atoms with Crippen LogP contribution in [0.5, 0.6) is 0 Å². The van der Waals surface area contributed by atoms with Gasteiger partial charge in [0, 0.05) is 12.4 Å². The van der Waals surface area contributed by atoms with Crippen LogP contribution in [0, 0.1) is 12.5 Å². The van der Waals surface area contributed by atoms with E-state index in [1.54, 1.807) is 12.5 Å². The maximum atomic E-state index is 7.26. The Bertz CT molecular complexity index is 533. The fraction of sp³-hybridized carbons (Fsp3) is 0.286. The summed E-state index contributed by atoms with van der Waals surface area (Å²) in [6.45, 7) is 11.6. The van der Waals surface area contributed by atoms with Gasteiger partial charge >= 0.3 is 0 Å². The highest BCUT2D eigenvalue weighted by molar-refractivity contribution is 5.63. The number of hydrogen-bond acceptors (Lipinski definition) is 1. The molecule has 0 atom stereocenters. The van der Waals surface area contributed by atoms with Crippen LogP contribution in [-0.2, 0) is 6.42 Å². The SMILES string of the molecule is [C-]#[N+]c1cc(CC(C)C)ccc1-n1ccnc1. The van der Waals surface area contributed by atoms with E-state index in [9.17, 15) is 0 Å². The Kier molecular flexibility index (Phi) is 3.24. The summed E-state index contributed by atoms with van der Waals surface area (Å²) in [5.41, 5.74) is 2.79. The van der Waals surface area contributed by atoms with Crippen molar-refractivity contribution in [1.29, 1.82) is 0 Å². The van der Waals surface area contributed by atoms with Crippen LogP contribution in [0.25, 0.3) is 10.5 Å². The maximum Gasteiger partial charge on any atom is 0.210 e. The van der Waals surface area contributed by atoms with E-state index < -0.39 is 0 Å². The van der Waals surface area contributed by atoms with Gasteiger partial charge in [0.25, 0.3) is 0 Å². The molecule has 1 aromatic carbocycles. The Morgan fingerprint density at radius 1 is 1.41 bits per heavy atom. The first-order valence-electron chi connectivity index (χ1n) is 5.69. The Morgan fingerprint density at radius 3 is 2.82 bits per heavy atom. The van der Waals surface area contributed by atoms with Crippen molar-refractivity contribution in [1.82, 2.24) is 9.55 Å². The van der Waals surface area contributed by atoms with Gasteiger partial charge in [-0.25, -0.2) is 9.83 Å². The zero-order chi connectivity index (χ0) is 12.3. The molecule has 0 aliphatic rings. The first-order chi connectivity index (χ1) is 8.20. The summed E-state index contributed by atoms with van der Waals surface area (Å²) in [5, 5.41) is 0. The Hall–Kier alpha value is -2.08. The highest BCUT2D eigenvalue weighted by atomic mass is 15.0. The molecule has 1 heterocycles. The zero-order valence-corrected chi connectivity index (χ0v) is 10.1. The molecule has 0 aliphatic heterocycles. The number of rotatable bonds is 3. The first-order valence-corrected chi connectivity index (χ1v) is 5.69. The van der Waals surface area contributed by atoms with Crippen LogP contribution in [0.2, 0.25) is 0 Å². The van der Waals surface area contributed by atoms with Crippen molar-refractivity contribution in [3.8, 4) is 5.69 Å². The topological polar surface area (TPSA) is 22.2 Å². The molecule has 0 spiro atoms. The van der Waals surface area contributed by atoms with Crippen molar-refractivity contribution in [3.63, 3.8) is 0 Å². The summed E-state index contributed by atoms with van der Waals surface area (Å²) >= 11 is 0. The van der Waals surface area contributed by atoms with Gasteiger partial charge in [-0.2, -0.15) is 0 Å². The molecule has 0 aliphatic carbocycles. The molecule has 0 saturated carbocycles. The predicted molar refractivity (Wildman–Crippen MR) is 68.4 cm³/mol. The second-order valence-corrected chi connectivity index (χ2v) is 4.50. The highest BCUT2D eigenvalue weighted by Crippen LogP contribution is 2.25. The van der Waals surface area contributed by atoms with Crippen molar-refractivity contribution in [3.05, 3.63) is 53.9 Å². The monoisotopic (exact) mass is 225 g/mol. The smallest absolute Gasteiger partial charge is 0.210 e. The van der Waals surface area contributed by atoms with Crippen molar-refractivity contribution in [2.75, 3.05) is 0 Å². The molecule has 0 bridgehead atoms. The van der Waals surface area contributed by atoms with Gasteiger partial charge in [-0.05, 0) is 18.4 Å². The molecule has 17 heavy (non-hydrogen) atoms. The third-order valence-electron chi connectivity index (χ3n) is 2.59. The maximum absolute atomic E-state index is 7.26. The second-order valence-electron chi connectivity index (χ2n) is 4.50. The lowest BCUT2D eigenvalue weighted by molar-refractivity contribution is 0.647. The number of hydrogen-bond donors (Lipinski definition) is 0. The van der Waals surface area contributed by atoms with E-state index in [0.717, 1.165) is 12.1 Å². The quantitative estimate of drug-likeness (QED) is 0.731. The van der Waals surface area contributed by atoms with Crippen molar-refractivity contribution < 1.29 is 0 Å². The van der Waals surface area contributed by atoms with Crippen LogP contribution in [0.15, 0.2) is 36.9 Å². The largest absolute Gasteiger partial charge is 0.316 e. The molecule has 2 rings (SSSR count). The molecular weight excluding hydrogens is 210 g/mol. The Labute approximate surface area is 102 Å². The minimum Gasteiger partial charge on any atom is -0.316 e. The van der Waals surface area contributed by atoms with Crippen molar-refractivity contribution in [2.24, 2.45) is 5.92 Å². The van der Waals surface area contributed by atoms with Gasteiger partial charge in [-0.1, -0.05) is 31.5 Å². The van der Waals surface area contributed by atoms with E-state index in [2.05, 4.69) is 29.7 Å². The molecule has 0 fully saturated rings. The molecular formula is C14H15N3. The highest BCUT2D eigenvalue weighted by Gasteiger charge is 2.06. The molecule has 2 aromatic rings. The van der Waals surface area contributed by atoms with E-state index in [-0.39, 0.29) is 0 Å². The number of imidazole rings is 1. The van der Waals surface area contributed by atoms with E-state index in [1.807, 2.05) is 22.9 Å². The molecule has 0 amide bonds. The molecule has 3 nitrogen and oxygen atoms in total. The average Bonchev–Trinajstić information content (AvgIpc) is 2.81. The summed E-state index contributed by atoms with van der Waals surface area (Å²) < 4.78 is 1.87. The lowest BCUT2D eigenvalue weighted by atomic mass is 10.0. The van der Waals surface area contributed by atoms with E-state index in [1.165, 1.54) is 5.56 Å². The summed E-state index contributed by atoms with van der Waals surface area (Å²) in [5.74, 6) is 0.604. The fourth-order valence-electron chi connectivity index (χ4n) is 1.88. The predicted octanol–water partition coefficient (Wildman–Crippen LogP) is 3.62. The van der Waals surface area contributed by atoms with Gasteiger partial charge in [0.15, 0.2) is 0 Å². The zero-order valence-electron chi connectivity index (χ0n) is 10.1. The van der Waals surface area contributed by atoms with Gasteiger partial charge in [-0.3, -0.25) is 0 Å². The summed E-state index contributed by atoms with van der Waals surface area (Å²) in [6.07, 6.45) is 6.29. The van der Waals surface area contributed by atoms with E-state index in [4.69, 9.17) is 6.57 Å². The molecule has 0 N–H and O–H groups in total. The Morgan fingerprint density at radius 2 is 2.24 bits per heavy atom. The van der Waals surface area contributed by atoms with E-state index in [0.29, 0.717) is 11.6 Å². The number of aromatic nitrogens is 2. The van der Waals surface area contributed by atoms with Gasteiger partial charge in [-0.15, -0.1) is 0 Å². The van der Waals surface area contributed by atoms with Gasteiger partial charge in [0.2, 0.25) is 5.69 Å². The summed E-state index contributed by atoms with van der Waals surface area (Å²) in [6, 6.07) is 6.05. The summed E-state index contributed by atoms with van der Waals surface area (Å²) in [4.78, 5) is 7.60. The van der Waals surface area contributed by atoms with Crippen LogP contribution in [-0.4, -0.2) is 9.55 Å².